The molecule has 2 aromatic heterocycles. The molecule has 6 nitrogen and oxygen atoms in total. The first-order chi connectivity index (χ1) is 12.9. The number of benzene rings is 2. The standard InChI is InChI=1S/C11H10O.C9H11N5/c1-12-11-8-4-6-9-5-2-3-7-10(9)11;1-2-4-14(3-1)9-7-8(11-5-10-7)12-6-13-9/h2-8H,1H3;5-6H,1-4H2,(H,10,11,12,13). The first-order valence-electron chi connectivity index (χ1n) is 8.77. The summed E-state index contributed by atoms with van der Waals surface area (Å²) >= 11 is 0. The predicted molar refractivity (Wildman–Crippen MR) is 104 cm³/mol. The fourth-order valence-corrected chi connectivity index (χ4v) is 3.29. The molecule has 1 fully saturated rings. The van der Waals surface area contributed by atoms with Gasteiger partial charge < -0.3 is 14.6 Å². The van der Waals surface area contributed by atoms with Crippen LogP contribution in [0.1, 0.15) is 12.8 Å². The lowest BCUT2D eigenvalue weighted by molar-refractivity contribution is 0.420. The van der Waals surface area contributed by atoms with E-state index in [2.05, 4.69) is 43.0 Å². The maximum Gasteiger partial charge on any atom is 0.182 e. The molecule has 1 aliphatic heterocycles. The van der Waals surface area contributed by atoms with Crippen molar-refractivity contribution in [2.24, 2.45) is 0 Å². The van der Waals surface area contributed by atoms with Crippen LogP contribution in [0.25, 0.3) is 21.9 Å². The maximum atomic E-state index is 5.23. The molecule has 0 radical (unpaired) electrons. The van der Waals surface area contributed by atoms with Gasteiger partial charge in [-0.25, -0.2) is 15.0 Å². The highest BCUT2D eigenvalue weighted by atomic mass is 16.5. The van der Waals surface area contributed by atoms with Crippen LogP contribution >= 0.6 is 0 Å². The number of imidazole rings is 1. The third-order valence-electron chi connectivity index (χ3n) is 4.58. The number of hydrogen-bond acceptors (Lipinski definition) is 5. The van der Waals surface area contributed by atoms with Crippen molar-refractivity contribution in [3.63, 3.8) is 0 Å². The molecule has 0 unspecified atom stereocenters. The van der Waals surface area contributed by atoms with Crippen LogP contribution in [0.5, 0.6) is 5.75 Å². The van der Waals surface area contributed by atoms with E-state index in [1.54, 1.807) is 19.8 Å². The van der Waals surface area contributed by atoms with E-state index in [4.69, 9.17) is 4.74 Å². The second-order valence-corrected chi connectivity index (χ2v) is 6.17. The predicted octanol–water partition coefficient (Wildman–Crippen LogP) is 3.80. The van der Waals surface area contributed by atoms with Crippen LogP contribution < -0.4 is 9.64 Å². The average Bonchev–Trinajstić information content (AvgIpc) is 3.39. The topological polar surface area (TPSA) is 66.9 Å². The zero-order valence-corrected chi connectivity index (χ0v) is 14.7. The van der Waals surface area contributed by atoms with E-state index in [1.165, 1.54) is 23.6 Å². The number of aromatic nitrogens is 4. The van der Waals surface area contributed by atoms with E-state index in [1.807, 2.05) is 24.3 Å². The summed E-state index contributed by atoms with van der Waals surface area (Å²) in [6, 6.07) is 14.2. The van der Waals surface area contributed by atoms with Crippen LogP contribution in [0.2, 0.25) is 0 Å². The molecule has 0 atom stereocenters. The Kier molecular flexibility index (Phi) is 4.64. The van der Waals surface area contributed by atoms with Crippen molar-refractivity contribution in [2.75, 3.05) is 25.1 Å². The smallest absolute Gasteiger partial charge is 0.182 e. The lowest BCUT2D eigenvalue weighted by Gasteiger charge is -2.15. The average molecular weight is 347 g/mol. The molecule has 1 N–H and O–H groups in total. The van der Waals surface area contributed by atoms with E-state index in [-0.39, 0.29) is 0 Å². The van der Waals surface area contributed by atoms with Gasteiger partial charge in [-0.15, -0.1) is 0 Å². The van der Waals surface area contributed by atoms with Crippen LogP contribution in [0.15, 0.2) is 55.1 Å². The third kappa shape index (κ3) is 3.18. The van der Waals surface area contributed by atoms with Gasteiger partial charge in [0.05, 0.1) is 13.4 Å². The molecule has 0 spiro atoms. The minimum atomic E-state index is 0.752. The Hall–Kier alpha value is -3.15. The van der Waals surface area contributed by atoms with Crippen molar-refractivity contribution >= 4 is 27.8 Å². The SMILES string of the molecule is COc1cccc2ccccc12.c1nc(N2CCCC2)c2[nH]cnc2n1. The number of hydrogen-bond donors (Lipinski definition) is 1. The summed E-state index contributed by atoms with van der Waals surface area (Å²) in [6.07, 6.45) is 5.75. The summed E-state index contributed by atoms with van der Waals surface area (Å²) < 4.78 is 5.23. The van der Waals surface area contributed by atoms with Gasteiger partial charge in [0.25, 0.3) is 0 Å². The molecule has 6 heteroatoms. The van der Waals surface area contributed by atoms with E-state index in [0.29, 0.717) is 0 Å². The lowest BCUT2D eigenvalue weighted by atomic mass is 10.1. The van der Waals surface area contributed by atoms with Gasteiger partial charge in [-0.1, -0.05) is 36.4 Å². The Morgan fingerprint density at radius 3 is 2.62 bits per heavy atom. The number of anilines is 1. The number of aromatic amines is 1. The molecular weight excluding hydrogens is 326 g/mol. The van der Waals surface area contributed by atoms with Crippen LogP contribution in [-0.2, 0) is 0 Å². The summed E-state index contributed by atoms with van der Waals surface area (Å²) in [6.45, 7) is 2.18. The number of methoxy groups -OCH3 is 1. The van der Waals surface area contributed by atoms with Crippen molar-refractivity contribution in [2.45, 2.75) is 12.8 Å². The van der Waals surface area contributed by atoms with Gasteiger partial charge in [0.2, 0.25) is 0 Å². The lowest BCUT2D eigenvalue weighted by Crippen LogP contribution is -2.19. The number of rotatable bonds is 2. The molecule has 26 heavy (non-hydrogen) atoms. The zero-order chi connectivity index (χ0) is 17.8. The second kappa shape index (κ2) is 7.39. The Morgan fingerprint density at radius 1 is 0.962 bits per heavy atom. The van der Waals surface area contributed by atoms with Gasteiger partial charge in [0.15, 0.2) is 11.5 Å². The van der Waals surface area contributed by atoms with E-state index < -0.39 is 0 Å². The van der Waals surface area contributed by atoms with Gasteiger partial charge in [-0.2, -0.15) is 0 Å². The van der Waals surface area contributed by atoms with Crippen molar-refractivity contribution < 1.29 is 4.74 Å². The number of H-pyrrole nitrogens is 1. The molecule has 0 bridgehead atoms. The van der Waals surface area contributed by atoms with E-state index in [0.717, 1.165) is 35.8 Å². The van der Waals surface area contributed by atoms with Gasteiger partial charge in [-0.05, 0) is 24.3 Å². The van der Waals surface area contributed by atoms with Crippen LogP contribution in [0.4, 0.5) is 5.82 Å². The molecule has 2 aromatic carbocycles. The van der Waals surface area contributed by atoms with Crippen LogP contribution in [0.3, 0.4) is 0 Å². The summed E-state index contributed by atoms with van der Waals surface area (Å²) in [5, 5.41) is 2.39. The Labute approximate surface area is 151 Å². The van der Waals surface area contributed by atoms with Crippen molar-refractivity contribution in [3.8, 4) is 5.75 Å². The van der Waals surface area contributed by atoms with Crippen LogP contribution in [0, 0.1) is 0 Å². The first kappa shape index (κ1) is 16.3. The van der Waals surface area contributed by atoms with Gasteiger partial charge >= 0.3 is 0 Å². The van der Waals surface area contributed by atoms with Gasteiger partial charge in [0.1, 0.15) is 17.6 Å². The Morgan fingerprint density at radius 2 is 1.77 bits per heavy atom. The molecule has 0 saturated carbocycles. The summed E-state index contributed by atoms with van der Waals surface area (Å²) in [5.41, 5.74) is 1.70. The quantitative estimate of drug-likeness (QED) is 0.597. The fraction of sp³-hybridized carbons (Fsp3) is 0.250. The number of ether oxygens (including phenoxy) is 1. The van der Waals surface area contributed by atoms with Crippen LogP contribution in [-0.4, -0.2) is 40.1 Å². The minimum absolute atomic E-state index is 0.752. The van der Waals surface area contributed by atoms with Crippen molar-refractivity contribution in [1.29, 1.82) is 0 Å². The van der Waals surface area contributed by atoms with Gasteiger partial charge in [-0.3, -0.25) is 0 Å². The molecular formula is C20H21N5O. The largest absolute Gasteiger partial charge is 0.496 e. The highest BCUT2D eigenvalue weighted by Crippen LogP contribution is 2.24. The monoisotopic (exact) mass is 347 g/mol. The first-order valence-corrected chi connectivity index (χ1v) is 8.77. The van der Waals surface area contributed by atoms with Crippen molar-refractivity contribution in [3.05, 3.63) is 55.1 Å². The highest BCUT2D eigenvalue weighted by molar-refractivity contribution is 5.88. The van der Waals surface area contributed by atoms with E-state index in [9.17, 15) is 0 Å². The number of nitrogens with zero attached hydrogens (tertiary/aromatic N) is 4. The second-order valence-electron chi connectivity index (χ2n) is 6.17. The summed E-state index contributed by atoms with van der Waals surface area (Å²) in [5.74, 6) is 1.93. The number of fused-ring (bicyclic) bond motifs is 2. The van der Waals surface area contributed by atoms with Crippen molar-refractivity contribution in [1.82, 2.24) is 19.9 Å². The Balaban J connectivity index is 0.000000131. The zero-order valence-electron chi connectivity index (χ0n) is 14.7. The Bertz CT molecular complexity index is 1000. The fourth-order valence-electron chi connectivity index (χ4n) is 3.29. The summed E-state index contributed by atoms with van der Waals surface area (Å²) in [4.78, 5) is 17.9. The third-order valence-corrected chi connectivity index (χ3v) is 4.58. The maximum absolute atomic E-state index is 5.23. The molecule has 1 saturated heterocycles. The molecule has 4 aromatic rings. The minimum Gasteiger partial charge on any atom is -0.496 e. The highest BCUT2D eigenvalue weighted by Gasteiger charge is 2.17. The molecule has 3 heterocycles. The normalized spacial score (nSPS) is 13.7. The summed E-state index contributed by atoms with van der Waals surface area (Å²) in [7, 11) is 1.70. The number of nitrogens with one attached hydrogen (secondary N) is 1. The van der Waals surface area contributed by atoms with E-state index >= 15 is 0 Å². The molecule has 5 rings (SSSR count). The van der Waals surface area contributed by atoms with Gasteiger partial charge in [0, 0.05) is 18.5 Å². The molecule has 0 amide bonds. The molecule has 1 aliphatic rings. The molecule has 0 aliphatic carbocycles. The molecule has 132 valence electrons.